The van der Waals surface area contributed by atoms with Crippen molar-refractivity contribution in [2.24, 2.45) is 5.92 Å². The van der Waals surface area contributed by atoms with Gasteiger partial charge in [-0.1, -0.05) is 35.9 Å². The van der Waals surface area contributed by atoms with Gasteiger partial charge in [-0.05, 0) is 38.7 Å². The van der Waals surface area contributed by atoms with Gasteiger partial charge in [0.1, 0.15) is 5.82 Å². The summed E-state index contributed by atoms with van der Waals surface area (Å²) in [6.07, 6.45) is 1.81. The van der Waals surface area contributed by atoms with E-state index < -0.39 is 0 Å². The average molecular weight is 367 g/mol. The molecule has 144 valence electrons. The number of aryl methyl sites for hydroxylation is 1. The van der Waals surface area contributed by atoms with Gasteiger partial charge in [-0.2, -0.15) is 0 Å². The van der Waals surface area contributed by atoms with Crippen molar-refractivity contribution in [3.8, 4) is 0 Å². The van der Waals surface area contributed by atoms with Crippen molar-refractivity contribution in [3.05, 3.63) is 59.8 Å². The minimum atomic E-state index is -0.118. The molecule has 2 amide bonds. The molecule has 1 aliphatic rings. The van der Waals surface area contributed by atoms with Crippen LogP contribution in [0, 0.1) is 12.8 Å². The van der Waals surface area contributed by atoms with Gasteiger partial charge in [0.15, 0.2) is 0 Å². The molecule has 0 aliphatic carbocycles. The van der Waals surface area contributed by atoms with E-state index in [-0.39, 0.29) is 12.1 Å². The Bertz CT molecular complexity index is 732. The van der Waals surface area contributed by atoms with E-state index in [0.717, 1.165) is 31.0 Å². The largest absolute Gasteiger partial charge is 0.354 e. The Kier molecular flexibility index (Phi) is 6.29. The number of carbonyl (C=O) groups excluding carboxylic acids is 1. The predicted octanol–water partition coefficient (Wildman–Crippen LogP) is 2.26. The van der Waals surface area contributed by atoms with Crippen LogP contribution < -0.4 is 15.5 Å². The smallest absolute Gasteiger partial charge is 0.315 e. The van der Waals surface area contributed by atoms with Crippen LogP contribution in [0.2, 0.25) is 0 Å². The number of carbonyl (C=O) groups is 1. The molecular weight excluding hydrogens is 338 g/mol. The number of benzene rings is 1. The summed E-state index contributed by atoms with van der Waals surface area (Å²) in [7, 11) is 4.13. The second-order valence-electron chi connectivity index (χ2n) is 7.53. The number of amides is 2. The first kappa shape index (κ1) is 19.2. The van der Waals surface area contributed by atoms with Gasteiger partial charge in [-0.3, -0.25) is 0 Å². The first-order valence-corrected chi connectivity index (χ1v) is 9.42. The Labute approximate surface area is 161 Å². The SMILES string of the molecule is Cc1ccc(CNC(=O)N[C@@H]2CN(c3ccccn3)C[C@H]2CN(C)C)cc1. The minimum Gasteiger partial charge on any atom is -0.354 e. The van der Waals surface area contributed by atoms with Crippen LogP contribution in [0.15, 0.2) is 48.7 Å². The Hall–Kier alpha value is -2.60. The molecule has 0 saturated carbocycles. The van der Waals surface area contributed by atoms with Gasteiger partial charge in [0.25, 0.3) is 0 Å². The Balaban J connectivity index is 1.58. The molecule has 1 aromatic heterocycles. The molecular formula is C21H29N5O. The van der Waals surface area contributed by atoms with Crippen LogP contribution in [0.25, 0.3) is 0 Å². The zero-order valence-electron chi connectivity index (χ0n) is 16.4. The monoisotopic (exact) mass is 367 g/mol. The number of pyridine rings is 1. The van der Waals surface area contributed by atoms with Crippen molar-refractivity contribution in [2.75, 3.05) is 38.6 Å². The quantitative estimate of drug-likeness (QED) is 0.822. The fourth-order valence-corrected chi connectivity index (χ4v) is 3.52. The predicted molar refractivity (Wildman–Crippen MR) is 109 cm³/mol. The summed E-state index contributed by atoms with van der Waals surface area (Å²) >= 11 is 0. The zero-order valence-corrected chi connectivity index (χ0v) is 16.4. The molecule has 0 bridgehead atoms. The maximum atomic E-state index is 12.4. The van der Waals surface area contributed by atoms with Crippen LogP contribution in [0.4, 0.5) is 10.6 Å². The maximum Gasteiger partial charge on any atom is 0.315 e. The molecule has 6 heteroatoms. The number of anilines is 1. The highest BCUT2D eigenvalue weighted by atomic mass is 16.2. The number of hydrogen-bond donors (Lipinski definition) is 2. The molecule has 1 fully saturated rings. The number of nitrogens with one attached hydrogen (secondary N) is 2. The molecule has 6 nitrogen and oxygen atoms in total. The third kappa shape index (κ3) is 5.44. The minimum absolute atomic E-state index is 0.0902. The summed E-state index contributed by atoms with van der Waals surface area (Å²) in [5.41, 5.74) is 2.32. The lowest BCUT2D eigenvalue weighted by Gasteiger charge is -2.22. The van der Waals surface area contributed by atoms with E-state index in [9.17, 15) is 4.79 Å². The lowest BCUT2D eigenvalue weighted by Crippen LogP contribution is -2.47. The Morgan fingerprint density at radius 1 is 1.19 bits per heavy atom. The molecule has 2 N–H and O–H groups in total. The summed E-state index contributed by atoms with van der Waals surface area (Å²) in [6, 6.07) is 14.1. The van der Waals surface area contributed by atoms with Crippen molar-refractivity contribution in [1.82, 2.24) is 20.5 Å². The van der Waals surface area contributed by atoms with Gasteiger partial charge in [0.05, 0.1) is 6.04 Å². The molecule has 3 rings (SSSR count). The van der Waals surface area contributed by atoms with Crippen LogP contribution in [-0.4, -0.2) is 55.7 Å². The fraction of sp³-hybridized carbons (Fsp3) is 0.429. The van der Waals surface area contributed by atoms with Crippen molar-refractivity contribution in [3.63, 3.8) is 0 Å². The maximum absolute atomic E-state index is 12.4. The second kappa shape index (κ2) is 8.86. The average Bonchev–Trinajstić information content (AvgIpc) is 3.04. The van der Waals surface area contributed by atoms with Gasteiger partial charge < -0.3 is 20.4 Å². The van der Waals surface area contributed by atoms with Crippen molar-refractivity contribution < 1.29 is 4.79 Å². The first-order chi connectivity index (χ1) is 13.0. The molecule has 0 spiro atoms. The highest BCUT2D eigenvalue weighted by Gasteiger charge is 2.34. The van der Waals surface area contributed by atoms with Crippen LogP contribution in [0.5, 0.6) is 0 Å². The van der Waals surface area contributed by atoms with Gasteiger partial charge in [-0.15, -0.1) is 0 Å². The lowest BCUT2D eigenvalue weighted by molar-refractivity contribution is 0.230. The number of aromatic nitrogens is 1. The third-order valence-corrected chi connectivity index (χ3v) is 4.90. The Morgan fingerprint density at radius 2 is 1.96 bits per heavy atom. The normalized spacial score (nSPS) is 19.3. The van der Waals surface area contributed by atoms with Crippen molar-refractivity contribution in [1.29, 1.82) is 0 Å². The molecule has 0 radical (unpaired) electrons. The lowest BCUT2D eigenvalue weighted by atomic mass is 10.0. The van der Waals surface area contributed by atoms with E-state index >= 15 is 0 Å². The summed E-state index contributed by atoms with van der Waals surface area (Å²) in [5.74, 6) is 1.32. The van der Waals surface area contributed by atoms with Gasteiger partial charge in [0.2, 0.25) is 0 Å². The van der Waals surface area contributed by atoms with E-state index in [1.165, 1.54) is 5.56 Å². The Morgan fingerprint density at radius 3 is 2.63 bits per heavy atom. The summed E-state index contributed by atoms with van der Waals surface area (Å²) in [6.45, 7) is 5.17. The van der Waals surface area contributed by atoms with Crippen LogP contribution >= 0.6 is 0 Å². The molecule has 1 aromatic carbocycles. The number of rotatable bonds is 6. The van der Waals surface area contributed by atoms with Gasteiger partial charge >= 0.3 is 6.03 Å². The standard InChI is InChI=1S/C21H29N5O/c1-16-7-9-17(10-8-16)12-23-21(27)24-19-15-26(14-18(19)13-25(2)3)20-6-4-5-11-22-20/h4-11,18-19H,12-15H2,1-3H3,(H2,23,24,27)/t18-,19-/m1/s1. The van der Waals surface area contributed by atoms with E-state index in [1.807, 2.05) is 36.5 Å². The number of hydrogen-bond acceptors (Lipinski definition) is 4. The molecule has 1 aliphatic heterocycles. The highest BCUT2D eigenvalue weighted by molar-refractivity contribution is 5.74. The van der Waals surface area contributed by atoms with Gasteiger partial charge in [0, 0.05) is 38.3 Å². The van der Waals surface area contributed by atoms with E-state index in [4.69, 9.17) is 0 Å². The topological polar surface area (TPSA) is 60.5 Å². The molecule has 0 unspecified atom stereocenters. The van der Waals surface area contributed by atoms with E-state index in [1.54, 1.807) is 0 Å². The number of nitrogens with zero attached hydrogens (tertiary/aromatic N) is 3. The van der Waals surface area contributed by atoms with Crippen LogP contribution in [0.1, 0.15) is 11.1 Å². The van der Waals surface area contributed by atoms with Crippen LogP contribution in [-0.2, 0) is 6.54 Å². The fourth-order valence-electron chi connectivity index (χ4n) is 3.52. The zero-order chi connectivity index (χ0) is 19.2. The van der Waals surface area contributed by atoms with E-state index in [2.05, 4.69) is 58.6 Å². The van der Waals surface area contributed by atoms with Crippen molar-refractivity contribution in [2.45, 2.75) is 19.5 Å². The van der Waals surface area contributed by atoms with Crippen LogP contribution in [0.3, 0.4) is 0 Å². The number of urea groups is 1. The van der Waals surface area contributed by atoms with E-state index in [0.29, 0.717) is 12.5 Å². The summed E-state index contributed by atoms with van der Waals surface area (Å²) in [4.78, 5) is 21.3. The molecule has 2 aromatic rings. The molecule has 1 saturated heterocycles. The summed E-state index contributed by atoms with van der Waals surface area (Å²) in [5, 5.41) is 6.15. The molecule has 27 heavy (non-hydrogen) atoms. The first-order valence-electron chi connectivity index (χ1n) is 9.42. The van der Waals surface area contributed by atoms with Gasteiger partial charge in [-0.25, -0.2) is 9.78 Å². The molecule has 2 atom stereocenters. The summed E-state index contributed by atoms with van der Waals surface area (Å²) < 4.78 is 0. The van der Waals surface area contributed by atoms with Crippen molar-refractivity contribution >= 4 is 11.8 Å². The third-order valence-electron chi connectivity index (χ3n) is 4.90. The molecule has 2 heterocycles. The second-order valence-corrected chi connectivity index (χ2v) is 7.53. The highest BCUT2D eigenvalue weighted by Crippen LogP contribution is 2.23.